The summed E-state index contributed by atoms with van der Waals surface area (Å²) in [6.45, 7) is 1.91. The van der Waals surface area contributed by atoms with Gasteiger partial charge in [0.2, 0.25) is 0 Å². The highest BCUT2D eigenvalue weighted by Crippen LogP contribution is 2.29. The largest absolute Gasteiger partial charge is 0.489 e. The maximum atomic E-state index is 12.4. The van der Waals surface area contributed by atoms with Crippen LogP contribution in [0.25, 0.3) is 10.8 Å². The SMILES string of the molecule is O=c1oc(C2CCOCC2)cc2ccc(OCc3ccccc3)cc12. The summed E-state index contributed by atoms with van der Waals surface area (Å²) < 4.78 is 16.8. The molecule has 0 spiro atoms. The Hall–Kier alpha value is -2.59. The zero-order valence-corrected chi connectivity index (χ0v) is 13.9. The molecule has 0 atom stereocenters. The first-order valence-corrected chi connectivity index (χ1v) is 8.62. The van der Waals surface area contributed by atoms with Gasteiger partial charge in [0.1, 0.15) is 18.1 Å². The third-order valence-electron chi connectivity index (χ3n) is 4.62. The Morgan fingerprint density at radius 2 is 1.80 bits per heavy atom. The van der Waals surface area contributed by atoms with Gasteiger partial charge in [-0.1, -0.05) is 36.4 Å². The van der Waals surface area contributed by atoms with E-state index in [9.17, 15) is 4.79 Å². The van der Waals surface area contributed by atoms with Gasteiger partial charge in [0.05, 0.1) is 5.39 Å². The predicted octanol–water partition coefficient (Wildman–Crippen LogP) is 4.27. The minimum atomic E-state index is -0.302. The fourth-order valence-electron chi connectivity index (χ4n) is 3.20. The Balaban J connectivity index is 1.58. The monoisotopic (exact) mass is 336 g/mol. The van der Waals surface area contributed by atoms with E-state index in [-0.39, 0.29) is 11.5 Å². The van der Waals surface area contributed by atoms with Crippen molar-refractivity contribution < 1.29 is 13.9 Å². The minimum Gasteiger partial charge on any atom is -0.489 e. The summed E-state index contributed by atoms with van der Waals surface area (Å²) in [7, 11) is 0. The van der Waals surface area contributed by atoms with Crippen LogP contribution in [0.15, 0.2) is 63.8 Å². The second kappa shape index (κ2) is 7.11. The third-order valence-corrected chi connectivity index (χ3v) is 4.62. The molecule has 0 radical (unpaired) electrons. The van der Waals surface area contributed by atoms with Crippen LogP contribution in [-0.2, 0) is 11.3 Å². The number of hydrogen-bond donors (Lipinski definition) is 0. The van der Waals surface area contributed by atoms with E-state index in [0.29, 0.717) is 17.7 Å². The number of benzene rings is 2. The molecule has 1 fully saturated rings. The Morgan fingerprint density at radius 3 is 2.60 bits per heavy atom. The van der Waals surface area contributed by atoms with Crippen molar-refractivity contribution in [2.75, 3.05) is 13.2 Å². The highest BCUT2D eigenvalue weighted by Gasteiger charge is 2.19. The van der Waals surface area contributed by atoms with E-state index in [1.807, 2.05) is 48.5 Å². The lowest BCUT2D eigenvalue weighted by Gasteiger charge is -2.21. The van der Waals surface area contributed by atoms with Gasteiger partial charge in [0.15, 0.2) is 0 Å². The molecule has 2 aromatic carbocycles. The van der Waals surface area contributed by atoms with Crippen LogP contribution in [0, 0.1) is 0 Å². The lowest BCUT2D eigenvalue weighted by molar-refractivity contribution is 0.0800. The summed E-state index contributed by atoms with van der Waals surface area (Å²) >= 11 is 0. The zero-order chi connectivity index (χ0) is 17.1. The Labute approximate surface area is 146 Å². The van der Waals surface area contributed by atoms with Crippen LogP contribution in [0.4, 0.5) is 0 Å². The molecule has 4 heteroatoms. The molecular weight excluding hydrogens is 316 g/mol. The summed E-state index contributed by atoms with van der Waals surface area (Å²) in [6.07, 6.45) is 1.79. The summed E-state index contributed by atoms with van der Waals surface area (Å²) in [5, 5.41) is 1.45. The van der Waals surface area contributed by atoms with Gasteiger partial charge < -0.3 is 13.9 Å². The number of fused-ring (bicyclic) bond motifs is 1. The highest BCUT2D eigenvalue weighted by atomic mass is 16.5. The quantitative estimate of drug-likeness (QED) is 0.714. The first kappa shape index (κ1) is 15.9. The molecule has 0 N–H and O–H groups in total. The van der Waals surface area contributed by atoms with Crippen LogP contribution >= 0.6 is 0 Å². The molecule has 2 heterocycles. The van der Waals surface area contributed by atoms with Crippen molar-refractivity contribution in [1.82, 2.24) is 0 Å². The van der Waals surface area contributed by atoms with E-state index < -0.39 is 0 Å². The number of rotatable bonds is 4. The van der Waals surface area contributed by atoms with Crippen molar-refractivity contribution in [1.29, 1.82) is 0 Å². The molecule has 0 unspecified atom stereocenters. The molecule has 0 amide bonds. The van der Waals surface area contributed by atoms with E-state index in [2.05, 4.69) is 0 Å². The van der Waals surface area contributed by atoms with E-state index in [4.69, 9.17) is 13.9 Å². The zero-order valence-electron chi connectivity index (χ0n) is 13.9. The fraction of sp³-hybridized carbons (Fsp3) is 0.286. The molecule has 128 valence electrons. The van der Waals surface area contributed by atoms with Gasteiger partial charge in [-0.2, -0.15) is 0 Å². The second-order valence-electron chi connectivity index (χ2n) is 6.35. The molecule has 1 aliphatic heterocycles. The van der Waals surface area contributed by atoms with E-state index in [1.165, 1.54) is 0 Å². The van der Waals surface area contributed by atoms with Crippen LogP contribution in [0.5, 0.6) is 5.75 Å². The molecule has 3 aromatic rings. The molecule has 4 rings (SSSR count). The summed E-state index contributed by atoms with van der Waals surface area (Å²) in [6, 6.07) is 17.5. The normalized spacial score (nSPS) is 15.4. The lowest BCUT2D eigenvalue weighted by Crippen LogP contribution is -2.15. The van der Waals surface area contributed by atoms with Crippen LogP contribution in [0.1, 0.15) is 30.1 Å². The summed E-state index contributed by atoms with van der Waals surface area (Å²) in [4.78, 5) is 12.4. The van der Waals surface area contributed by atoms with Gasteiger partial charge in [-0.25, -0.2) is 4.79 Å². The summed E-state index contributed by atoms with van der Waals surface area (Å²) in [5.74, 6) is 1.70. The molecule has 4 nitrogen and oxygen atoms in total. The molecule has 0 saturated carbocycles. The average Bonchev–Trinajstić information content (AvgIpc) is 2.68. The van der Waals surface area contributed by atoms with Gasteiger partial charge >= 0.3 is 5.63 Å². The summed E-state index contributed by atoms with van der Waals surface area (Å²) in [5.41, 5.74) is 0.786. The first-order chi connectivity index (χ1) is 12.3. The van der Waals surface area contributed by atoms with Crippen molar-refractivity contribution in [3.8, 4) is 5.75 Å². The smallest absolute Gasteiger partial charge is 0.343 e. The van der Waals surface area contributed by atoms with Gasteiger partial charge in [0, 0.05) is 19.1 Å². The van der Waals surface area contributed by atoms with Gasteiger partial charge in [0.25, 0.3) is 0 Å². The van der Waals surface area contributed by atoms with Crippen molar-refractivity contribution in [3.05, 3.63) is 76.3 Å². The third kappa shape index (κ3) is 3.59. The first-order valence-electron chi connectivity index (χ1n) is 8.62. The van der Waals surface area contributed by atoms with Crippen molar-refractivity contribution in [2.24, 2.45) is 0 Å². The molecule has 25 heavy (non-hydrogen) atoms. The van der Waals surface area contributed by atoms with E-state index in [0.717, 1.165) is 42.8 Å². The van der Waals surface area contributed by atoms with Gasteiger partial charge in [-0.3, -0.25) is 0 Å². The highest BCUT2D eigenvalue weighted by molar-refractivity contribution is 5.82. The Bertz CT molecular complexity index is 908. The number of ether oxygens (including phenoxy) is 2. The van der Waals surface area contributed by atoms with Crippen LogP contribution in [0.2, 0.25) is 0 Å². The average molecular weight is 336 g/mol. The molecule has 1 saturated heterocycles. The molecular formula is C21H20O4. The van der Waals surface area contributed by atoms with Crippen LogP contribution in [-0.4, -0.2) is 13.2 Å². The second-order valence-corrected chi connectivity index (χ2v) is 6.35. The maximum Gasteiger partial charge on any atom is 0.343 e. The number of hydrogen-bond acceptors (Lipinski definition) is 4. The van der Waals surface area contributed by atoms with Crippen molar-refractivity contribution in [2.45, 2.75) is 25.4 Å². The molecule has 0 bridgehead atoms. The van der Waals surface area contributed by atoms with Crippen LogP contribution in [0.3, 0.4) is 0 Å². The minimum absolute atomic E-state index is 0.264. The topological polar surface area (TPSA) is 48.7 Å². The lowest BCUT2D eigenvalue weighted by atomic mass is 9.96. The fourth-order valence-corrected chi connectivity index (χ4v) is 3.20. The van der Waals surface area contributed by atoms with Gasteiger partial charge in [-0.15, -0.1) is 0 Å². The van der Waals surface area contributed by atoms with Crippen molar-refractivity contribution in [3.63, 3.8) is 0 Å². The van der Waals surface area contributed by atoms with E-state index in [1.54, 1.807) is 6.07 Å². The Kier molecular flexibility index (Phi) is 4.53. The van der Waals surface area contributed by atoms with E-state index >= 15 is 0 Å². The maximum absolute atomic E-state index is 12.4. The van der Waals surface area contributed by atoms with Crippen molar-refractivity contribution >= 4 is 10.8 Å². The van der Waals surface area contributed by atoms with Crippen LogP contribution < -0.4 is 10.4 Å². The Morgan fingerprint density at radius 1 is 1.00 bits per heavy atom. The standard InChI is InChI=1S/C21H20O4/c22-21-19-13-18(24-14-15-4-2-1-3-5-15)7-6-17(19)12-20(25-21)16-8-10-23-11-9-16/h1-7,12-13,16H,8-11,14H2. The molecule has 1 aromatic heterocycles. The van der Waals surface area contributed by atoms with Gasteiger partial charge in [-0.05, 0) is 42.0 Å². The molecule has 1 aliphatic rings. The molecule has 0 aliphatic carbocycles. The predicted molar refractivity (Wildman–Crippen MR) is 96.1 cm³/mol.